The molecule has 0 unspecified atom stereocenters. The van der Waals surface area contributed by atoms with Gasteiger partial charge < -0.3 is 10.5 Å². The number of hydrogen-bond donors (Lipinski definition) is 1. The van der Waals surface area contributed by atoms with E-state index in [0.717, 1.165) is 6.42 Å². The van der Waals surface area contributed by atoms with Crippen LogP contribution in [-0.2, 0) is 9.84 Å². The van der Waals surface area contributed by atoms with E-state index in [9.17, 15) is 8.42 Å². The number of unbranched alkanes of at least 4 members (excludes halogenated alkanes) is 1. The third kappa shape index (κ3) is 2.88. The molecule has 0 aliphatic heterocycles. The molecular formula is C11H17NO3S. The van der Waals surface area contributed by atoms with Crippen molar-refractivity contribution >= 4 is 15.5 Å². The molecule has 0 aliphatic carbocycles. The smallest absolute Gasteiger partial charge is 0.178 e. The summed E-state index contributed by atoms with van der Waals surface area (Å²) < 4.78 is 28.7. The fraction of sp³-hybridized carbons (Fsp3) is 0.455. The van der Waals surface area contributed by atoms with E-state index in [0.29, 0.717) is 17.9 Å². The van der Waals surface area contributed by atoms with Gasteiger partial charge in [0.1, 0.15) is 5.75 Å². The molecule has 0 saturated carbocycles. The number of hydrogen-bond acceptors (Lipinski definition) is 4. The van der Waals surface area contributed by atoms with E-state index < -0.39 is 9.84 Å². The van der Waals surface area contributed by atoms with E-state index in [1.165, 1.54) is 19.2 Å². The predicted octanol–water partition coefficient (Wildman–Crippen LogP) is 1.85. The van der Waals surface area contributed by atoms with Crippen molar-refractivity contribution in [2.75, 3.05) is 18.6 Å². The number of nitrogen functional groups attached to an aromatic ring is 1. The van der Waals surface area contributed by atoms with Crippen LogP contribution in [0.3, 0.4) is 0 Å². The van der Waals surface area contributed by atoms with Crippen molar-refractivity contribution in [3.05, 3.63) is 18.2 Å². The molecule has 0 bridgehead atoms. The quantitative estimate of drug-likeness (QED) is 0.801. The summed E-state index contributed by atoms with van der Waals surface area (Å²) in [4.78, 5) is 0.270. The van der Waals surface area contributed by atoms with Gasteiger partial charge in [0, 0.05) is 6.07 Å². The molecule has 16 heavy (non-hydrogen) atoms. The molecule has 1 rings (SSSR count). The van der Waals surface area contributed by atoms with Gasteiger partial charge in [-0.15, -0.1) is 0 Å². The zero-order valence-electron chi connectivity index (χ0n) is 9.56. The highest BCUT2D eigenvalue weighted by Gasteiger charge is 2.15. The summed E-state index contributed by atoms with van der Waals surface area (Å²) in [6, 6.07) is 4.54. The van der Waals surface area contributed by atoms with Crippen molar-refractivity contribution in [3.8, 4) is 5.75 Å². The molecular weight excluding hydrogens is 226 g/mol. The van der Waals surface area contributed by atoms with Crippen LogP contribution in [-0.4, -0.2) is 21.3 Å². The Morgan fingerprint density at radius 3 is 2.62 bits per heavy atom. The van der Waals surface area contributed by atoms with E-state index >= 15 is 0 Å². The first-order valence-electron chi connectivity index (χ1n) is 5.17. The van der Waals surface area contributed by atoms with Crippen LogP contribution in [0.25, 0.3) is 0 Å². The first kappa shape index (κ1) is 12.8. The lowest BCUT2D eigenvalue weighted by atomic mass is 10.3. The minimum absolute atomic E-state index is 0.163. The summed E-state index contributed by atoms with van der Waals surface area (Å²) in [6.07, 6.45) is 1.51. The highest BCUT2D eigenvalue weighted by atomic mass is 32.2. The zero-order valence-corrected chi connectivity index (χ0v) is 10.4. The van der Waals surface area contributed by atoms with Gasteiger partial charge in [-0.05, 0) is 18.6 Å². The number of ether oxygens (including phenoxy) is 1. The van der Waals surface area contributed by atoms with Crippen molar-refractivity contribution in [1.29, 1.82) is 0 Å². The number of methoxy groups -OCH3 is 1. The largest absolute Gasteiger partial charge is 0.495 e. The molecule has 4 nitrogen and oxygen atoms in total. The monoisotopic (exact) mass is 243 g/mol. The van der Waals surface area contributed by atoms with Crippen LogP contribution in [0.1, 0.15) is 19.8 Å². The SMILES string of the molecule is CCCCS(=O)(=O)c1ccc(N)c(OC)c1. The topological polar surface area (TPSA) is 69.4 Å². The number of benzene rings is 1. The van der Waals surface area contributed by atoms with E-state index in [4.69, 9.17) is 10.5 Å². The summed E-state index contributed by atoms with van der Waals surface area (Å²) in [6.45, 7) is 1.96. The van der Waals surface area contributed by atoms with E-state index in [1.807, 2.05) is 6.92 Å². The Morgan fingerprint density at radius 2 is 2.06 bits per heavy atom. The van der Waals surface area contributed by atoms with Crippen molar-refractivity contribution in [2.24, 2.45) is 0 Å². The molecule has 0 saturated heterocycles. The van der Waals surface area contributed by atoms with E-state index in [-0.39, 0.29) is 10.6 Å². The standard InChI is InChI=1S/C11H17NO3S/c1-3-4-7-16(13,14)9-5-6-10(12)11(8-9)15-2/h5-6,8H,3-4,7,12H2,1-2H3. The molecule has 0 spiro atoms. The summed E-state index contributed by atoms with van der Waals surface area (Å²) >= 11 is 0. The van der Waals surface area contributed by atoms with Crippen LogP contribution in [0.4, 0.5) is 5.69 Å². The highest BCUT2D eigenvalue weighted by molar-refractivity contribution is 7.91. The Kier molecular flexibility index (Phi) is 4.18. The molecule has 0 aliphatic rings. The molecule has 0 amide bonds. The van der Waals surface area contributed by atoms with Crippen LogP contribution in [0.5, 0.6) is 5.75 Å². The van der Waals surface area contributed by atoms with Crippen LogP contribution < -0.4 is 10.5 Å². The van der Waals surface area contributed by atoms with Gasteiger partial charge in [0.25, 0.3) is 0 Å². The van der Waals surface area contributed by atoms with Gasteiger partial charge in [-0.25, -0.2) is 8.42 Å². The molecule has 5 heteroatoms. The maximum Gasteiger partial charge on any atom is 0.178 e. The maximum atomic E-state index is 11.9. The highest BCUT2D eigenvalue weighted by Crippen LogP contribution is 2.25. The lowest BCUT2D eigenvalue weighted by Gasteiger charge is -2.08. The van der Waals surface area contributed by atoms with E-state index in [2.05, 4.69) is 0 Å². The lowest BCUT2D eigenvalue weighted by Crippen LogP contribution is -2.07. The molecule has 1 aromatic rings. The molecule has 0 radical (unpaired) electrons. The van der Waals surface area contributed by atoms with Gasteiger partial charge in [-0.3, -0.25) is 0 Å². The minimum atomic E-state index is -3.21. The van der Waals surface area contributed by atoms with Crippen molar-refractivity contribution in [3.63, 3.8) is 0 Å². The van der Waals surface area contributed by atoms with Crippen molar-refractivity contribution < 1.29 is 13.2 Å². The number of rotatable bonds is 5. The Labute approximate surface area is 96.3 Å². The number of nitrogens with two attached hydrogens (primary N) is 1. The second-order valence-corrected chi connectivity index (χ2v) is 5.69. The number of anilines is 1. The van der Waals surface area contributed by atoms with Gasteiger partial charge in [0.15, 0.2) is 9.84 Å². The molecule has 0 aromatic heterocycles. The third-order valence-corrected chi connectivity index (χ3v) is 4.13. The zero-order chi connectivity index (χ0) is 12.2. The van der Waals surface area contributed by atoms with Crippen LogP contribution in [0.15, 0.2) is 23.1 Å². The fourth-order valence-corrected chi connectivity index (χ4v) is 2.80. The molecule has 90 valence electrons. The Bertz CT molecular complexity index is 454. The summed E-state index contributed by atoms with van der Waals surface area (Å²) in [5, 5.41) is 0. The Balaban J connectivity index is 3.04. The van der Waals surface area contributed by atoms with Crippen molar-refractivity contribution in [1.82, 2.24) is 0 Å². The minimum Gasteiger partial charge on any atom is -0.495 e. The average Bonchev–Trinajstić information content (AvgIpc) is 2.27. The van der Waals surface area contributed by atoms with Gasteiger partial charge in [-0.2, -0.15) is 0 Å². The lowest BCUT2D eigenvalue weighted by molar-refractivity contribution is 0.415. The maximum absolute atomic E-state index is 11.9. The fourth-order valence-electron chi connectivity index (χ4n) is 1.34. The Hall–Kier alpha value is -1.23. The first-order valence-corrected chi connectivity index (χ1v) is 6.82. The second-order valence-electron chi connectivity index (χ2n) is 3.58. The summed E-state index contributed by atoms with van der Waals surface area (Å²) in [5.41, 5.74) is 6.07. The average molecular weight is 243 g/mol. The van der Waals surface area contributed by atoms with Gasteiger partial charge >= 0.3 is 0 Å². The number of sulfone groups is 1. The van der Waals surface area contributed by atoms with Crippen LogP contribution in [0.2, 0.25) is 0 Å². The van der Waals surface area contributed by atoms with E-state index in [1.54, 1.807) is 6.07 Å². The van der Waals surface area contributed by atoms with Gasteiger partial charge in [-0.1, -0.05) is 13.3 Å². The molecule has 1 aromatic carbocycles. The normalized spacial score (nSPS) is 11.4. The first-order chi connectivity index (χ1) is 7.51. The third-order valence-electron chi connectivity index (χ3n) is 2.33. The van der Waals surface area contributed by atoms with Crippen molar-refractivity contribution in [2.45, 2.75) is 24.7 Å². The second kappa shape index (κ2) is 5.21. The molecule has 0 atom stereocenters. The molecule has 0 fully saturated rings. The predicted molar refractivity (Wildman–Crippen MR) is 64.4 cm³/mol. The van der Waals surface area contributed by atoms with Crippen LogP contribution in [0, 0.1) is 0 Å². The van der Waals surface area contributed by atoms with Gasteiger partial charge in [0.05, 0.1) is 23.4 Å². The summed E-state index contributed by atoms with van der Waals surface area (Å²) in [5.74, 6) is 0.564. The van der Waals surface area contributed by atoms with Gasteiger partial charge in [0.2, 0.25) is 0 Å². The Morgan fingerprint density at radius 1 is 1.38 bits per heavy atom. The molecule has 2 N–H and O–H groups in total. The molecule has 0 heterocycles. The van der Waals surface area contributed by atoms with Crippen LogP contribution >= 0.6 is 0 Å². The summed E-state index contributed by atoms with van der Waals surface area (Å²) in [7, 11) is -1.74.